The number of H-pyrrole nitrogens is 1. The molecule has 6 heteroatoms. The van der Waals surface area contributed by atoms with E-state index in [4.69, 9.17) is 4.74 Å². The van der Waals surface area contributed by atoms with Crippen molar-refractivity contribution in [3.05, 3.63) is 34.2 Å². The third kappa shape index (κ3) is 2.76. The molecule has 108 valence electrons. The van der Waals surface area contributed by atoms with Crippen molar-refractivity contribution in [1.29, 1.82) is 0 Å². The fourth-order valence-corrected chi connectivity index (χ4v) is 2.93. The molecule has 0 bridgehead atoms. The molecule has 6 nitrogen and oxygen atoms in total. The molecule has 1 unspecified atom stereocenters. The molecular weight excluding hydrogens is 258 g/mol. The molecule has 0 spiro atoms. The molecule has 0 saturated carbocycles. The number of carbonyl (C=O) groups is 1. The first-order valence-corrected chi connectivity index (χ1v) is 7.04. The Morgan fingerprint density at radius 2 is 2.10 bits per heavy atom. The van der Waals surface area contributed by atoms with Crippen LogP contribution in [0.2, 0.25) is 0 Å². The minimum atomic E-state index is -0.236. The van der Waals surface area contributed by atoms with Crippen molar-refractivity contribution < 1.29 is 9.53 Å². The van der Waals surface area contributed by atoms with Gasteiger partial charge in [-0.1, -0.05) is 0 Å². The summed E-state index contributed by atoms with van der Waals surface area (Å²) in [5, 5.41) is 0. The molecule has 3 rings (SSSR count). The summed E-state index contributed by atoms with van der Waals surface area (Å²) in [6.45, 7) is 4.94. The van der Waals surface area contributed by atoms with E-state index in [0.717, 1.165) is 45.8 Å². The van der Waals surface area contributed by atoms with Crippen molar-refractivity contribution in [3.63, 3.8) is 0 Å². The Morgan fingerprint density at radius 3 is 2.85 bits per heavy atom. The zero-order valence-electron chi connectivity index (χ0n) is 11.4. The van der Waals surface area contributed by atoms with Gasteiger partial charge in [-0.2, -0.15) is 0 Å². The van der Waals surface area contributed by atoms with E-state index < -0.39 is 0 Å². The van der Waals surface area contributed by atoms with Gasteiger partial charge in [0, 0.05) is 50.0 Å². The predicted octanol–water partition coefficient (Wildman–Crippen LogP) is -0.0784. The quantitative estimate of drug-likeness (QED) is 0.821. The van der Waals surface area contributed by atoms with Crippen LogP contribution >= 0.6 is 0 Å². The summed E-state index contributed by atoms with van der Waals surface area (Å²) in [4.78, 5) is 30.4. The van der Waals surface area contributed by atoms with Crippen LogP contribution < -0.4 is 5.56 Å². The first kappa shape index (κ1) is 13.3. The highest BCUT2D eigenvalue weighted by atomic mass is 16.5. The number of aromatic nitrogens is 1. The molecule has 1 aromatic heterocycles. The fraction of sp³-hybridized carbons (Fsp3) is 0.571. The highest BCUT2D eigenvalue weighted by Gasteiger charge is 2.31. The average Bonchev–Trinajstić information content (AvgIpc) is 2.97. The number of nitrogens with zero attached hydrogens (tertiary/aromatic N) is 2. The molecule has 2 aliphatic rings. The lowest BCUT2D eigenvalue weighted by Crippen LogP contribution is -2.45. The van der Waals surface area contributed by atoms with Gasteiger partial charge in [-0.15, -0.1) is 0 Å². The average molecular weight is 277 g/mol. The number of aromatic amines is 1. The van der Waals surface area contributed by atoms with E-state index in [9.17, 15) is 9.59 Å². The molecule has 20 heavy (non-hydrogen) atoms. The monoisotopic (exact) mass is 277 g/mol. The minimum absolute atomic E-state index is 0.0492. The van der Waals surface area contributed by atoms with Gasteiger partial charge in [-0.3, -0.25) is 14.5 Å². The van der Waals surface area contributed by atoms with Crippen molar-refractivity contribution in [3.8, 4) is 0 Å². The van der Waals surface area contributed by atoms with Gasteiger partial charge in [-0.25, -0.2) is 0 Å². The lowest BCUT2D eigenvalue weighted by molar-refractivity contribution is 0.0185. The molecule has 1 aromatic rings. The molecule has 2 saturated heterocycles. The Balaban J connectivity index is 1.64. The number of hydrogen-bond donors (Lipinski definition) is 1. The largest absolute Gasteiger partial charge is 0.379 e. The topological polar surface area (TPSA) is 65.6 Å². The van der Waals surface area contributed by atoms with Crippen molar-refractivity contribution >= 4 is 5.91 Å². The number of ether oxygens (including phenoxy) is 1. The van der Waals surface area contributed by atoms with Gasteiger partial charge in [0.2, 0.25) is 5.56 Å². The van der Waals surface area contributed by atoms with Crippen LogP contribution in [0.5, 0.6) is 0 Å². The second kappa shape index (κ2) is 5.76. The van der Waals surface area contributed by atoms with Crippen LogP contribution in [0.3, 0.4) is 0 Å². The van der Waals surface area contributed by atoms with Crippen LogP contribution in [-0.4, -0.2) is 66.1 Å². The van der Waals surface area contributed by atoms with Crippen LogP contribution in [0.1, 0.15) is 16.8 Å². The molecular formula is C14H19N3O3. The second-order valence-electron chi connectivity index (χ2n) is 5.28. The van der Waals surface area contributed by atoms with Gasteiger partial charge >= 0.3 is 0 Å². The molecule has 2 aliphatic heterocycles. The highest BCUT2D eigenvalue weighted by Crippen LogP contribution is 2.18. The van der Waals surface area contributed by atoms with Crippen molar-refractivity contribution in [2.75, 3.05) is 39.4 Å². The number of amides is 1. The zero-order valence-corrected chi connectivity index (χ0v) is 11.4. The summed E-state index contributed by atoms with van der Waals surface area (Å²) in [5.41, 5.74) is 0.233. The first-order valence-electron chi connectivity index (χ1n) is 7.04. The van der Waals surface area contributed by atoms with Crippen molar-refractivity contribution in [2.24, 2.45) is 0 Å². The second-order valence-corrected chi connectivity index (χ2v) is 5.28. The summed E-state index contributed by atoms with van der Waals surface area (Å²) >= 11 is 0. The van der Waals surface area contributed by atoms with E-state index in [1.165, 1.54) is 12.3 Å². The molecule has 0 aliphatic carbocycles. The predicted molar refractivity (Wildman–Crippen MR) is 73.8 cm³/mol. The van der Waals surface area contributed by atoms with Crippen molar-refractivity contribution in [1.82, 2.24) is 14.8 Å². The summed E-state index contributed by atoms with van der Waals surface area (Å²) in [6.07, 6.45) is 2.51. The van der Waals surface area contributed by atoms with Crippen molar-refractivity contribution in [2.45, 2.75) is 12.5 Å². The molecule has 1 atom stereocenters. The number of pyridine rings is 1. The molecule has 3 heterocycles. The van der Waals surface area contributed by atoms with E-state index in [1.54, 1.807) is 6.07 Å². The van der Waals surface area contributed by atoms with E-state index >= 15 is 0 Å². The van der Waals surface area contributed by atoms with E-state index in [1.807, 2.05) is 4.90 Å². The number of hydrogen-bond acceptors (Lipinski definition) is 4. The maximum atomic E-state index is 12.4. The van der Waals surface area contributed by atoms with Crippen LogP contribution in [-0.2, 0) is 4.74 Å². The smallest absolute Gasteiger partial charge is 0.254 e. The van der Waals surface area contributed by atoms with E-state index in [0.29, 0.717) is 11.6 Å². The third-order valence-corrected chi connectivity index (χ3v) is 4.03. The molecule has 2 fully saturated rings. The third-order valence-electron chi connectivity index (χ3n) is 4.03. The van der Waals surface area contributed by atoms with E-state index in [2.05, 4.69) is 9.88 Å². The summed E-state index contributed by atoms with van der Waals surface area (Å²) in [6, 6.07) is 3.45. The molecule has 0 radical (unpaired) electrons. The maximum Gasteiger partial charge on any atom is 0.254 e. The van der Waals surface area contributed by atoms with Gasteiger partial charge in [0.15, 0.2) is 0 Å². The van der Waals surface area contributed by atoms with Crippen LogP contribution in [0, 0.1) is 0 Å². The lowest BCUT2D eigenvalue weighted by atomic mass is 10.2. The fourth-order valence-electron chi connectivity index (χ4n) is 2.93. The molecule has 0 aromatic carbocycles. The number of nitrogens with one attached hydrogen (secondary N) is 1. The lowest BCUT2D eigenvalue weighted by Gasteiger charge is -2.32. The van der Waals surface area contributed by atoms with Gasteiger partial charge in [-0.05, 0) is 12.5 Å². The van der Waals surface area contributed by atoms with Gasteiger partial charge in [0.1, 0.15) is 0 Å². The standard InChI is InChI=1S/C14H19N3O3/c18-13-9-11(1-3-15-13)14(19)17-4-2-12(10-17)16-5-7-20-8-6-16/h1,3,9,12H,2,4-8,10H2,(H,15,18). The summed E-state index contributed by atoms with van der Waals surface area (Å²) in [7, 11) is 0. The SMILES string of the molecule is O=C(c1cc[nH]c(=O)c1)N1CCC(N2CCOCC2)C1. The van der Waals surface area contributed by atoms with Crippen LogP contribution in [0.25, 0.3) is 0 Å². The Hall–Kier alpha value is -1.66. The Kier molecular flexibility index (Phi) is 3.84. The Bertz CT molecular complexity index is 536. The van der Waals surface area contributed by atoms with Gasteiger partial charge < -0.3 is 14.6 Å². The zero-order chi connectivity index (χ0) is 13.9. The first-order chi connectivity index (χ1) is 9.74. The number of likely N-dealkylation sites (tertiary alicyclic amines) is 1. The summed E-state index contributed by atoms with van der Waals surface area (Å²) in [5.74, 6) is -0.0492. The Morgan fingerprint density at radius 1 is 1.30 bits per heavy atom. The molecule has 1 N–H and O–H groups in total. The maximum absolute atomic E-state index is 12.4. The normalized spacial score (nSPS) is 24.0. The Labute approximate surface area is 117 Å². The number of morpholine rings is 1. The number of carbonyl (C=O) groups excluding carboxylic acids is 1. The van der Waals surface area contributed by atoms with Gasteiger partial charge in [0.05, 0.1) is 13.2 Å². The minimum Gasteiger partial charge on any atom is -0.379 e. The van der Waals surface area contributed by atoms with Crippen LogP contribution in [0.15, 0.2) is 23.1 Å². The van der Waals surface area contributed by atoms with E-state index in [-0.39, 0.29) is 11.5 Å². The number of rotatable bonds is 2. The summed E-state index contributed by atoms with van der Waals surface area (Å²) < 4.78 is 5.36. The molecule has 1 amide bonds. The highest BCUT2D eigenvalue weighted by molar-refractivity contribution is 5.94. The van der Waals surface area contributed by atoms with Crippen LogP contribution in [0.4, 0.5) is 0 Å². The van der Waals surface area contributed by atoms with Gasteiger partial charge in [0.25, 0.3) is 5.91 Å².